The van der Waals surface area contributed by atoms with Gasteiger partial charge in [0.1, 0.15) is 0 Å². The van der Waals surface area contributed by atoms with E-state index >= 15 is 0 Å². The van der Waals surface area contributed by atoms with Crippen molar-refractivity contribution in [3.05, 3.63) is 11.5 Å². The van der Waals surface area contributed by atoms with Crippen LogP contribution in [0.2, 0.25) is 0 Å². The fourth-order valence-corrected chi connectivity index (χ4v) is 3.66. The third-order valence-electron chi connectivity index (χ3n) is 2.07. The topological polar surface area (TPSA) is 26.0 Å². The fraction of sp³-hybridized carbons (Fsp3) is 0.727. The molecule has 0 aliphatic rings. The molecule has 0 spiro atoms. The molecule has 78 valence electrons. The van der Waals surface area contributed by atoms with Gasteiger partial charge in [-0.25, -0.2) is 0 Å². The molecule has 1 unspecified atom stereocenters. The minimum Gasteiger partial charge on any atom is -0.327 e. The summed E-state index contributed by atoms with van der Waals surface area (Å²) in [6.45, 7) is 10.8. The zero-order chi connectivity index (χ0) is 10.4. The molecule has 0 aromatic carbocycles. The van der Waals surface area contributed by atoms with Crippen molar-refractivity contribution in [2.45, 2.75) is 52.3 Å². The van der Waals surface area contributed by atoms with Crippen LogP contribution in [0.3, 0.4) is 0 Å². The molecule has 0 amide bonds. The quantitative estimate of drug-likeness (QED) is 0.695. The lowest BCUT2D eigenvalue weighted by Crippen LogP contribution is -2.29. The van der Waals surface area contributed by atoms with Gasteiger partial charge in [0.25, 0.3) is 0 Å². The first-order valence-corrected chi connectivity index (χ1v) is 6.30. The van der Waals surface area contributed by atoms with Crippen LogP contribution in [0.25, 0.3) is 0 Å². The van der Waals surface area contributed by atoms with Gasteiger partial charge in [0, 0.05) is 11.3 Å². The molecular weight excluding hydrogens is 178 g/mol. The van der Waals surface area contributed by atoms with Crippen molar-refractivity contribution in [2.75, 3.05) is 0 Å². The molecule has 0 rings (SSSR count). The van der Waals surface area contributed by atoms with E-state index in [1.165, 1.54) is 4.86 Å². The second-order valence-electron chi connectivity index (χ2n) is 3.56. The Morgan fingerprint density at radius 1 is 1.46 bits per heavy atom. The van der Waals surface area contributed by atoms with Crippen LogP contribution in [0, 0.1) is 0 Å². The van der Waals surface area contributed by atoms with Gasteiger partial charge in [-0.15, -0.1) is 0 Å². The van der Waals surface area contributed by atoms with Crippen molar-refractivity contribution in [1.82, 2.24) is 0 Å². The minimum atomic E-state index is 0.267. The summed E-state index contributed by atoms with van der Waals surface area (Å²) in [5.41, 5.74) is 5.98. The number of allylic oxidation sites excluding steroid dienone is 1. The van der Waals surface area contributed by atoms with Crippen LogP contribution in [0.15, 0.2) is 11.5 Å². The standard InChI is InChI=1S/C11H23NS/c1-6-8-13(9(3)4)11(7-2)10(5)12/h6,8,10-11H,7,12H2,1-5H3/b8-6-/t10-,11-,13?/m1/s1. The molecule has 0 aromatic rings. The largest absolute Gasteiger partial charge is 0.327 e. The zero-order valence-corrected chi connectivity index (χ0v) is 10.3. The van der Waals surface area contributed by atoms with Crippen molar-refractivity contribution in [1.29, 1.82) is 0 Å². The molecule has 0 heterocycles. The van der Waals surface area contributed by atoms with Gasteiger partial charge in [-0.05, 0) is 44.4 Å². The SMILES string of the molecule is C/C=C\S(=C(C)C)[C@H](CC)[C@@H](C)N. The maximum Gasteiger partial charge on any atom is 0.0181 e. The van der Waals surface area contributed by atoms with Gasteiger partial charge >= 0.3 is 0 Å². The highest BCUT2D eigenvalue weighted by Crippen LogP contribution is 2.28. The van der Waals surface area contributed by atoms with Crippen LogP contribution in [0.5, 0.6) is 0 Å². The number of nitrogens with two attached hydrogens (primary N) is 1. The van der Waals surface area contributed by atoms with Gasteiger partial charge in [-0.3, -0.25) is 0 Å². The molecule has 2 N–H and O–H groups in total. The van der Waals surface area contributed by atoms with Gasteiger partial charge in [-0.1, -0.05) is 13.0 Å². The summed E-state index contributed by atoms with van der Waals surface area (Å²) in [6, 6.07) is 0.291. The molecule has 0 fully saturated rings. The molecule has 2 heteroatoms. The molecule has 13 heavy (non-hydrogen) atoms. The summed E-state index contributed by atoms with van der Waals surface area (Å²) in [4.78, 5) is 1.49. The molecule has 0 bridgehead atoms. The van der Waals surface area contributed by atoms with Gasteiger partial charge < -0.3 is 5.73 Å². The van der Waals surface area contributed by atoms with Gasteiger partial charge in [0.2, 0.25) is 0 Å². The molecule has 0 saturated heterocycles. The molecule has 3 atom stereocenters. The maximum absolute atomic E-state index is 5.98. The molecule has 0 aromatic heterocycles. The summed E-state index contributed by atoms with van der Waals surface area (Å²) in [7, 11) is 0.267. The third-order valence-corrected chi connectivity index (χ3v) is 4.99. The van der Waals surface area contributed by atoms with E-state index in [1.54, 1.807) is 0 Å². The van der Waals surface area contributed by atoms with Gasteiger partial charge in [-0.2, -0.15) is 10.5 Å². The van der Waals surface area contributed by atoms with E-state index in [-0.39, 0.29) is 10.5 Å². The highest BCUT2D eigenvalue weighted by Gasteiger charge is 2.14. The lowest BCUT2D eigenvalue weighted by molar-refractivity contribution is 0.671. The van der Waals surface area contributed by atoms with Crippen molar-refractivity contribution in [3.8, 4) is 0 Å². The van der Waals surface area contributed by atoms with E-state index < -0.39 is 0 Å². The number of rotatable bonds is 4. The second kappa shape index (κ2) is 6.39. The van der Waals surface area contributed by atoms with E-state index in [4.69, 9.17) is 5.73 Å². The van der Waals surface area contributed by atoms with E-state index in [0.717, 1.165) is 6.42 Å². The van der Waals surface area contributed by atoms with Crippen LogP contribution in [-0.4, -0.2) is 16.2 Å². The lowest BCUT2D eigenvalue weighted by Gasteiger charge is -2.23. The van der Waals surface area contributed by atoms with Crippen LogP contribution in [0.1, 0.15) is 41.0 Å². The smallest absolute Gasteiger partial charge is 0.0181 e. The van der Waals surface area contributed by atoms with E-state index in [9.17, 15) is 0 Å². The maximum atomic E-state index is 5.98. The van der Waals surface area contributed by atoms with Crippen molar-refractivity contribution in [2.24, 2.45) is 5.73 Å². The Kier molecular flexibility index (Phi) is 6.35. The third kappa shape index (κ3) is 4.10. The van der Waals surface area contributed by atoms with Crippen molar-refractivity contribution < 1.29 is 0 Å². The normalized spacial score (nSPS) is 18.6. The highest BCUT2D eigenvalue weighted by atomic mass is 32.2. The van der Waals surface area contributed by atoms with Crippen molar-refractivity contribution >= 4 is 15.3 Å². The van der Waals surface area contributed by atoms with Crippen LogP contribution >= 0.6 is 10.5 Å². The number of hydrogen-bond acceptors (Lipinski definition) is 1. The molecule has 1 nitrogen and oxygen atoms in total. The van der Waals surface area contributed by atoms with Gasteiger partial charge in [0.15, 0.2) is 0 Å². The van der Waals surface area contributed by atoms with Crippen LogP contribution < -0.4 is 5.73 Å². The average molecular weight is 201 g/mol. The van der Waals surface area contributed by atoms with Crippen LogP contribution in [-0.2, 0) is 0 Å². The summed E-state index contributed by atoms with van der Waals surface area (Å²) >= 11 is 0. The first-order chi connectivity index (χ1) is 6.04. The fourth-order valence-electron chi connectivity index (χ4n) is 1.47. The molecule has 0 radical (unpaired) electrons. The summed E-state index contributed by atoms with van der Waals surface area (Å²) < 4.78 is 0. The molecule has 0 saturated carbocycles. The second-order valence-corrected chi connectivity index (χ2v) is 5.99. The Bertz CT molecular complexity index is 200. The highest BCUT2D eigenvalue weighted by molar-refractivity contribution is 8.19. The predicted octanol–water partition coefficient (Wildman–Crippen LogP) is 3.13. The molecule has 0 aliphatic heterocycles. The van der Waals surface area contributed by atoms with Gasteiger partial charge in [0.05, 0.1) is 0 Å². The molecular formula is C11H23NS. The molecule has 0 aliphatic carbocycles. The Morgan fingerprint density at radius 3 is 2.23 bits per heavy atom. The predicted molar refractivity (Wildman–Crippen MR) is 66.5 cm³/mol. The average Bonchev–Trinajstić information content (AvgIpc) is 2.03. The first-order valence-electron chi connectivity index (χ1n) is 4.95. The summed E-state index contributed by atoms with van der Waals surface area (Å²) in [6.07, 6.45) is 3.30. The Balaban J connectivity index is 4.82. The Morgan fingerprint density at radius 2 is 2.00 bits per heavy atom. The Labute approximate surface area is 85.3 Å². The first kappa shape index (κ1) is 12.9. The monoisotopic (exact) mass is 201 g/mol. The van der Waals surface area contributed by atoms with E-state index in [1.807, 2.05) is 0 Å². The zero-order valence-electron chi connectivity index (χ0n) is 9.50. The summed E-state index contributed by atoms with van der Waals surface area (Å²) in [5.74, 6) is 0. The lowest BCUT2D eigenvalue weighted by atomic mass is 10.2. The van der Waals surface area contributed by atoms with E-state index in [2.05, 4.69) is 46.1 Å². The Hall–Kier alpha value is -0.0800. The van der Waals surface area contributed by atoms with Crippen LogP contribution in [0.4, 0.5) is 0 Å². The van der Waals surface area contributed by atoms with Crippen molar-refractivity contribution in [3.63, 3.8) is 0 Å². The summed E-state index contributed by atoms with van der Waals surface area (Å²) in [5, 5.41) is 2.91. The number of hydrogen-bond donors (Lipinski definition) is 1. The van der Waals surface area contributed by atoms with E-state index in [0.29, 0.717) is 11.3 Å². The minimum absolute atomic E-state index is 0.267.